The van der Waals surface area contributed by atoms with Crippen molar-refractivity contribution in [2.24, 2.45) is 23.2 Å². The molecule has 4 bridgehead atoms. The van der Waals surface area contributed by atoms with E-state index in [1.54, 1.807) is 37.3 Å². The average Bonchev–Trinajstić information content (AvgIpc) is 2.86. The van der Waals surface area contributed by atoms with Crippen LogP contribution in [0.2, 0.25) is 0 Å². The van der Waals surface area contributed by atoms with Crippen LogP contribution in [-0.4, -0.2) is 21.8 Å². The minimum absolute atomic E-state index is 0.160. The number of hydrogen-bond acceptors (Lipinski definition) is 5. The summed E-state index contributed by atoms with van der Waals surface area (Å²) in [5.41, 5.74) is 1.48. The van der Waals surface area contributed by atoms with Crippen molar-refractivity contribution in [3.05, 3.63) is 75.8 Å². The van der Waals surface area contributed by atoms with Crippen LogP contribution in [-0.2, 0) is 16.1 Å². The average molecular weight is 486 g/mol. The number of carbonyl (C=O) groups is 2. The molecule has 2 N–H and O–H groups in total. The van der Waals surface area contributed by atoms with Gasteiger partial charge in [-0.05, 0) is 93.0 Å². The third kappa shape index (κ3) is 4.21. The highest BCUT2D eigenvalue weighted by atomic mass is 16.5. The van der Waals surface area contributed by atoms with Gasteiger partial charge in [0, 0.05) is 12.0 Å². The zero-order valence-electron chi connectivity index (χ0n) is 20.5. The number of nitrogens with zero attached hydrogens (tertiary/aromatic N) is 1. The fraction of sp³-hybridized carbons (Fsp3) is 0.448. The molecule has 7 heteroatoms. The van der Waals surface area contributed by atoms with E-state index >= 15 is 0 Å². The van der Waals surface area contributed by atoms with Gasteiger partial charge in [0.2, 0.25) is 5.91 Å². The molecule has 7 nitrogen and oxygen atoms in total. The first-order valence-electron chi connectivity index (χ1n) is 13.0. The normalized spacial score (nSPS) is 27.1. The minimum Gasteiger partial charge on any atom is -0.451 e. The number of carbonyl (C=O) groups excluding carboxylic acids is 2. The molecule has 1 atom stereocenters. The summed E-state index contributed by atoms with van der Waals surface area (Å²) < 4.78 is 5.56. The lowest BCUT2D eigenvalue weighted by molar-refractivity contribution is -0.146. The third-order valence-corrected chi connectivity index (χ3v) is 8.46. The van der Waals surface area contributed by atoms with E-state index in [1.165, 1.54) is 19.3 Å². The maximum absolute atomic E-state index is 13.2. The highest BCUT2D eigenvalue weighted by Crippen LogP contribution is 2.60. The minimum atomic E-state index is -0.714. The molecule has 1 aromatic heterocycles. The summed E-state index contributed by atoms with van der Waals surface area (Å²) in [6.45, 7) is 2.13. The maximum Gasteiger partial charge on any atom is 0.338 e. The molecule has 4 aliphatic carbocycles. The molecule has 1 amide bonds. The second kappa shape index (κ2) is 8.87. The summed E-state index contributed by atoms with van der Waals surface area (Å²) in [6.07, 6.45) is 6.37. The summed E-state index contributed by atoms with van der Waals surface area (Å²) in [4.78, 5) is 45.3. The van der Waals surface area contributed by atoms with Crippen LogP contribution in [0, 0.1) is 23.2 Å². The van der Waals surface area contributed by atoms with Crippen LogP contribution in [0.3, 0.4) is 0 Å². The van der Waals surface area contributed by atoms with Crippen molar-refractivity contribution in [3.8, 4) is 0 Å². The van der Waals surface area contributed by atoms with E-state index < -0.39 is 12.1 Å². The van der Waals surface area contributed by atoms with Gasteiger partial charge in [-0.1, -0.05) is 24.3 Å². The molecule has 186 valence electrons. The van der Waals surface area contributed by atoms with Gasteiger partial charge in [-0.3, -0.25) is 9.59 Å². The Kier molecular flexibility index (Phi) is 5.66. The Balaban J connectivity index is 1.07. The van der Waals surface area contributed by atoms with Crippen molar-refractivity contribution in [1.82, 2.24) is 15.3 Å². The van der Waals surface area contributed by atoms with Gasteiger partial charge in [-0.15, -0.1) is 0 Å². The van der Waals surface area contributed by atoms with Crippen molar-refractivity contribution in [3.63, 3.8) is 0 Å². The number of esters is 1. The number of ether oxygens (including phenoxy) is 1. The van der Waals surface area contributed by atoms with Crippen LogP contribution in [0.1, 0.15) is 73.3 Å². The Morgan fingerprint density at radius 3 is 2.33 bits per heavy atom. The number of H-pyrrole nitrogens is 1. The highest BCUT2D eigenvalue weighted by Gasteiger charge is 2.54. The van der Waals surface area contributed by atoms with Gasteiger partial charge in [0.15, 0.2) is 11.9 Å². The van der Waals surface area contributed by atoms with Gasteiger partial charge in [0.05, 0.1) is 16.5 Å². The molecule has 0 saturated heterocycles. The maximum atomic E-state index is 13.2. The zero-order valence-corrected chi connectivity index (χ0v) is 20.5. The van der Waals surface area contributed by atoms with E-state index in [-0.39, 0.29) is 16.9 Å². The lowest BCUT2D eigenvalue weighted by Crippen LogP contribution is -2.53. The lowest BCUT2D eigenvalue weighted by Gasteiger charge is -2.55. The highest BCUT2D eigenvalue weighted by molar-refractivity contribution is 5.89. The Morgan fingerprint density at radius 2 is 1.67 bits per heavy atom. The molecular formula is C29H31N3O4. The van der Waals surface area contributed by atoms with Crippen molar-refractivity contribution in [1.29, 1.82) is 0 Å². The van der Waals surface area contributed by atoms with E-state index in [4.69, 9.17) is 4.74 Å². The summed E-state index contributed by atoms with van der Waals surface area (Å²) in [6, 6.07) is 14.1. The standard InChI is InChI=1S/C29H31N3O4/c1-17(25-31-24-5-3-2-4-23(24)26(33)32-25)36-27(34)22-8-6-18(7-9-22)16-30-28(35)29-13-19-10-20(14-29)12-21(11-19)15-29/h2-9,17,19-21H,10-16H2,1H3,(H,30,35)(H,31,32,33). The molecule has 1 unspecified atom stereocenters. The molecule has 3 aromatic rings. The van der Waals surface area contributed by atoms with Crippen molar-refractivity contribution in [2.45, 2.75) is 58.1 Å². The first-order valence-corrected chi connectivity index (χ1v) is 13.0. The number of para-hydroxylation sites is 1. The van der Waals surface area contributed by atoms with Crippen LogP contribution in [0.4, 0.5) is 0 Å². The Morgan fingerprint density at radius 1 is 1.03 bits per heavy atom. The van der Waals surface area contributed by atoms with Gasteiger partial charge < -0.3 is 15.0 Å². The van der Waals surface area contributed by atoms with E-state index in [1.807, 2.05) is 18.2 Å². The molecule has 2 aromatic carbocycles. The van der Waals surface area contributed by atoms with Gasteiger partial charge in [-0.2, -0.15) is 0 Å². The molecule has 0 radical (unpaired) electrons. The Bertz CT molecular complexity index is 1340. The van der Waals surface area contributed by atoms with Gasteiger partial charge in [0.1, 0.15) is 0 Å². The summed E-state index contributed by atoms with van der Waals surface area (Å²) in [5.74, 6) is 2.21. The first-order chi connectivity index (χ1) is 17.4. The molecule has 0 aliphatic heterocycles. The second-order valence-electron chi connectivity index (χ2n) is 11.1. The Labute approximate surface area is 209 Å². The van der Waals surface area contributed by atoms with Gasteiger partial charge in [0.25, 0.3) is 5.56 Å². The predicted octanol–water partition coefficient (Wildman–Crippen LogP) is 4.67. The third-order valence-electron chi connectivity index (χ3n) is 8.46. The number of hydrogen-bond donors (Lipinski definition) is 2. The van der Waals surface area contributed by atoms with E-state index in [2.05, 4.69) is 15.3 Å². The van der Waals surface area contributed by atoms with Crippen molar-refractivity contribution >= 4 is 22.8 Å². The van der Waals surface area contributed by atoms with Crippen LogP contribution in [0.25, 0.3) is 10.9 Å². The van der Waals surface area contributed by atoms with E-state index in [0.717, 1.165) is 42.6 Å². The van der Waals surface area contributed by atoms with Crippen LogP contribution in [0.5, 0.6) is 0 Å². The number of nitrogens with one attached hydrogen (secondary N) is 2. The summed E-state index contributed by atoms with van der Waals surface area (Å²) in [7, 11) is 0. The molecular weight excluding hydrogens is 454 g/mol. The number of amides is 1. The number of fused-ring (bicyclic) bond motifs is 1. The van der Waals surface area contributed by atoms with Crippen LogP contribution in [0.15, 0.2) is 53.3 Å². The zero-order chi connectivity index (χ0) is 24.9. The first kappa shape index (κ1) is 23.0. The summed E-state index contributed by atoms with van der Waals surface area (Å²) >= 11 is 0. The molecule has 7 rings (SSSR count). The second-order valence-corrected chi connectivity index (χ2v) is 11.1. The topological polar surface area (TPSA) is 101 Å². The molecule has 36 heavy (non-hydrogen) atoms. The molecule has 4 fully saturated rings. The molecule has 0 spiro atoms. The monoisotopic (exact) mass is 485 g/mol. The fourth-order valence-electron chi connectivity index (χ4n) is 7.10. The van der Waals surface area contributed by atoms with Gasteiger partial charge in [-0.25, -0.2) is 9.78 Å². The fourth-order valence-corrected chi connectivity index (χ4v) is 7.10. The SMILES string of the molecule is CC(OC(=O)c1ccc(CNC(=O)C23CC4CC(CC(C4)C2)C3)cc1)c1nc2ccccc2c(=O)[nH]1. The van der Waals surface area contributed by atoms with Gasteiger partial charge >= 0.3 is 5.97 Å². The quantitative estimate of drug-likeness (QED) is 0.494. The number of rotatable bonds is 6. The predicted molar refractivity (Wildman–Crippen MR) is 135 cm³/mol. The van der Waals surface area contributed by atoms with Crippen molar-refractivity contribution < 1.29 is 14.3 Å². The number of aromatic nitrogens is 2. The van der Waals surface area contributed by atoms with Crippen molar-refractivity contribution in [2.75, 3.05) is 0 Å². The Hall–Kier alpha value is -3.48. The summed E-state index contributed by atoms with van der Waals surface area (Å²) in [5, 5.41) is 3.67. The van der Waals surface area contributed by atoms with Crippen LogP contribution < -0.4 is 10.9 Å². The molecule has 4 aliphatic rings. The number of benzene rings is 2. The largest absolute Gasteiger partial charge is 0.451 e. The molecule has 1 heterocycles. The smallest absolute Gasteiger partial charge is 0.338 e. The van der Waals surface area contributed by atoms with E-state index in [9.17, 15) is 14.4 Å². The van der Waals surface area contributed by atoms with E-state index in [0.29, 0.717) is 28.8 Å². The molecule has 4 saturated carbocycles. The number of aromatic amines is 1. The lowest BCUT2D eigenvalue weighted by atomic mass is 9.49. The van der Waals surface area contributed by atoms with Crippen LogP contribution >= 0.6 is 0 Å².